The molecule has 0 aliphatic carbocycles. The van der Waals surface area contributed by atoms with Crippen molar-refractivity contribution in [1.29, 1.82) is 0 Å². The molecule has 0 aliphatic rings. The van der Waals surface area contributed by atoms with Gasteiger partial charge in [0, 0.05) is 6.61 Å². The third-order valence-corrected chi connectivity index (χ3v) is 2.93. The normalized spacial score (nSPS) is 15.8. The van der Waals surface area contributed by atoms with Crippen molar-refractivity contribution >= 4 is 0 Å². The molecule has 0 bridgehead atoms. The number of nitrogens with zero attached hydrogens (tertiary/aromatic N) is 2. The molecular formula is C14H19N3O3. The van der Waals surface area contributed by atoms with Crippen LogP contribution >= 0.6 is 0 Å². The van der Waals surface area contributed by atoms with Gasteiger partial charge in [0.1, 0.15) is 12.1 Å². The van der Waals surface area contributed by atoms with Crippen LogP contribution in [0.3, 0.4) is 0 Å². The maximum Gasteiger partial charge on any atom is 0.246 e. The second-order valence-corrected chi connectivity index (χ2v) is 4.50. The molecule has 0 saturated heterocycles. The van der Waals surface area contributed by atoms with Gasteiger partial charge in [0.2, 0.25) is 11.7 Å². The maximum atomic E-state index is 9.46. The first-order chi connectivity index (χ1) is 9.63. The van der Waals surface area contributed by atoms with Crippen molar-refractivity contribution in [3.63, 3.8) is 0 Å². The average molecular weight is 277 g/mol. The van der Waals surface area contributed by atoms with Crippen LogP contribution in [0.25, 0.3) is 0 Å². The summed E-state index contributed by atoms with van der Waals surface area (Å²) in [5.41, 5.74) is 6.71. The van der Waals surface area contributed by atoms with Crippen molar-refractivity contribution < 1.29 is 14.4 Å². The Morgan fingerprint density at radius 1 is 1.35 bits per heavy atom. The quantitative estimate of drug-likeness (QED) is 0.832. The molecule has 6 heteroatoms. The number of aliphatic hydroxyl groups excluding tert-OH is 1. The Kier molecular flexibility index (Phi) is 4.84. The van der Waals surface area contributed by atoms with E-state index in [0.717, 1.165) is 5.56 Å². The summed E-state index contributed by atoms with van der Waals surface area (Å²) in [6.07, 6.45) is -1.16. The van der Waals surface area contributed by atoms with Crippen molar-refractivity contribution in [1.82, 2.24) is 10.1 Å². The minimum absolute atomic E-state index is 0.204. The van der Waals surface area contributed by atoms with E-state index in [4.69, 9.17) is 15.0 Å². The summed E-state index contributed by atoms with van der Waals surface area (Å²) >= 11 is 0. The molecule has 3 atom stereocenters. The van der Waals surface area contributed by atoms with Crippen LogP contribution < -0.4 is 5.73 Å². The first-order valence-corrected chi connectivity index (χ1v) is 6.57. The fourth-order valence-corrected chi connectivity index (χ4v) is 1.81. The van der Waals surface area contributed by atoms with Crippen LogP contribution in [0, 0.1) is 0 Å². The minimum Gasteiger partial charge on any atom is -0.391 e. The molecular weight excluding hydrogens is 258 g/mol. The van der Waals surface area contributed by atoms with Gasteiger partial charge in [-0.25, -0.2) is 0 Å². The summed E-state index contributed by atoms with van der Waals surface area (Å²) in [5, 5.41) is 13.4. The van der Waals surface area contributed by atoms with E-state index < -0.39 is 18.2 Å². The fraction of sp³-hybridized carbons (Fsp3) is 0.429. The van der Waals surface area contributed by atoms with E-state index in [2.05, 4.69) is 10.1 Å². The van der Waals surface area contributed by atoms with Gasteiger partial charge in [-0.2, -0.15) is 4.98 Å². The van der Waals surface area contributed by atoms with Crippen LogP contribution in [0.1, 0.15) is 43.3 Å². The maximum absolute atomic E-state index is 9.46. The summed E-state index contributed by atoms with van der Waals surface area (Å²) in [6.45, 7) is 4.00. The summed E-state index contributed by atoms with van der Waals surface area (Å²) in [6, 6.07) is 8.94. The topological polar surface area (TPSA) is 94.4 Å². The van der Waals surface area contributed by atoms with Crippen LogP contribution in [0.15, 0.2) is 34.9 Å². The average Bonchev–Trinajstić information content (AvgIpc) is 2.94. The molecule has 3 unspecified atom stereocenters. The Bertz CT molecular complexity index is 527. The molecule has 1 aromatic carbocycles. The molecule has 3 N–H and O–H groups in total. The molecule has 0 aliphatic heterocycles. The number of rotatable bonds is 6. The minimum atomic E-state index is -0.759. The zero-order valence-corrected chi connectivity index (χ0v) is 11.6. The number of ether oxygens (including phenoxy) is 1. The molecule has 2 rings (SSSR count). The molecule has 1 aromatic heterocycles. The molecule has 0 radical (unpaired) electrons. The number of aliphatic hydroxyl groups is 1. The second kappa shape index (κ2) is 6.60. The Hall–Kier alpha value is -1.76. The molecule has 0 saturated carbocycles. The van der Waals surface area contributed by atoms with Crippen molar-refractivity contribution in [2.75, 3.05) is 6.61 Å². The smallest absolute Gasteiger partial charge is 0.246 e. The third kappa shape index (κ3) is 3.22. The molecule has 6 nitrogen and oxygen atoms in total. The Labute approximate surface area is 117 Å². The summed E-state index contributed by atoms with van der Waals surface area (Å²) in [7, 11) is 0. The van der Waals surface area contributed by atoms with E-state index in [1.807, 2.05) is 37.3 Å². The van der Waals surface area contributed by atoms with Gasteiger partial charge in [-0.15, -0.1) is 0 Å². The monoisotopic (exact) mass is 277 g/mol. The van der Waals surface area contributed by atoms with E-state index in [1.54, 1.807) is 6.92 Å². The zero-order valence-electron chi connectivity index (χ0n) is 11.6. The number of aromatic nitrogens is 2. The van der Waals surface area contributed by atoms with Gasteiger partial charge in [-0.3, -0.25) is 0 Å². The zero-order chi connectivity index (χ0) is 14.5. The molecule has 0 spiro atoms. The summed E-state index contributed by atoms with van der Waals surface area (Å²) in [4.78, 5) is 4.24. The van der Waals surface area contributed by atoms with Gasteiger partial charge in [0.25, 0.3) is 0 Å². The molecule has 0 fully saturated rings. The van der Waals surface area contributed by atoms with Gasteiger partial charge >= 0.3 is 0 Å². The highest BCUT2D eigenvalue weighted by Crippen LogP contribution is 2.24. The molecule has 2 aromatic rings. The van der Waals surface area contributed by atoms with Crippen LogP contribution in [0.4, 0.5) is 0 Å². The van der Waals surface area contributed by atoms with Crippen molar-refractivity contribution in [2.24, 2.45) is 5.73 Å². The molecule has 1 heterocycles. The number of hydrogen-bond donors (Lipinski definition) is 2. The van der Waals surface area contributed by atoms with Gasteiger partial charge in [0.15, 0.2) is 0 Å². The van der Waals surface area contributed by atoms with Crippen LogP contribution in [-0.2, 0) is 4.74 Å². The van der Waals surface area contributed by atoms with E-state index in [0.29, 0.717) is 12.4 Å². The fourth-order valence-electron chi connectivity index (χ4n) is 1.81. The first-order valence-electron chi connectivity index (χ1n) is 6.57. The molecule has 108 valence electrons. The third-order valence-electron chi connectivity index (χ3n) is 2.93. The highest BCUT2D eigenvalue weighted by atomic mass is 16.5. The lowest BCUT2D eigenvalue weighted by atomic mass is 10.1. The number of benzene rings is 1. The number of nitrogens with two attached hydrogens (primary N) is 1. The molecule has 0 amide bonds. The van der Waals surface area contributed by atoms with Crippen LogP contribution in [0.2, 0.25) is 0 Å². The lowest BCUT2D eigenvalue weighted by Crippen LogP contribution is -2.23. The van der Waals surface area contributed by atoms with E-state index in [9.17, 15) is 5.11 Å². The lowest BCUT2D eigenvalue weighted by Gasteiger charge is -2.13. The van der Waals surface area contributed by atoms with Gasteiger partial charge in [-0.05, 0) is 19.4 Å². The molecule has 20 heavy (non-hydrogen) atoms. The van der Waals surface area contributed by atoms with Crippen LogP contribution in [0.5, 0.6) is 0 Å². The predicted molar refractivity (Wildman–Crippen MR) is 72.8 cm³/mol. The summed E-state index contributed by atoms with van der Waals surface area (Å²) < 4.78 is 10.8. The largest absolute Gasteiger partial charge is 0.391 e. The SMILES string of the molecule is CCOC(c1ccccc1)c1noc(C(N)C(C)O)n1. The number of hydrogen-bond acceptors (Lipinski definition) is 6. The Balaban J connectivity index is 2.27. The predicted octanol–water partition coefficient (Wildman–Crippen LogP) is 1.58. The standard InChI is InChI=1S/C14H19N3O3/c1-3-19-12(10-7-5-4-6-8-10)13-16-14(20-17-13)11(15)9(2)18/h4-9,11-12,18H,3,15H2,1-2H3. The van der Waals surface area contributed by atoms with E-state index in [-0.39, 0.29) is 5.89 Å². The van der Waals surface area contributed by atoms with Crippen LogP contribution in [-0.4, -0.2) is 28.0 Å². The van der Waals surface area contributed by atoms with Crippen molar-refractivity contribution in [3.05, 3.63) is 47.6 Å². The van der Waals surface area contributed by atoms with E-state index in [1.165, 1.54) is 0 Å². The van der Waals surface area contributed by atoms with Crippen molar-refractivity contribution in [2.45, 2.75) is 32.1 Å². The highest BCUT2D eigenvalue weighted by molar-refractivity contribution is 5.22. The van der Waals surface area contributed by atoms with Gasteiger partial charge in [-0.1, -0.05) is 35.5 Å². The first kappa shape index (κ1) is 14.6. The van der Waals surface area contributed by atoms with Crippen molar-refractivity contribution in [3.8, 4) is 0 Å². The highest BCUT2D eigenvalue weighted by Gasteiger charge is 2.24. The van der Waals surface area contributed by atoms with E-state index >= 15 is 0 Å². The van der Waals surface area contributed by atoms with Gasteiger partial charge < -0.3 is 20.1 Å². The Morgan fingerprint density at radius 3 is 2.65 bits per heavy atom. The Morgan fingerprint density at radius 2 is 2.05 bits per heavy atom. The van der Waals surface area contributed by atoms with Gasteiger partial charge in [0.05, 0.1) is 6.10 Å². The lowest BCUT2D eigenvalue weighted by molar-refractivity contribution is 0.0833. The second-order valence-electron chi connectivity index (χ2n) is 4.50. The summed E-state index contributed by atoms with van der Waals surface area (Å²) in [5.74, 6) is 0.611.